The number of hydrogen-bond acceptors (Lipinski definition) is 4. The molecule has 0 radical (unpaired) electrons. The average Bonchev–Trinajstić information content (AvgIpc) is 2.93. The largest absolute Gasteiger partial charge is 0.490 e. The third-order valence-electron chi connectivity index (χ3n) is 3.05. The van der Waals surface area contributed by atoms with Gasteiger partial charge in [0.05, 0.1) is 0 Å². The first kappa shape index (κ1) is 12.7. The SMILES string of the molecule is Cc1ccccc1OCCOc1ccc2c(c1)OCO2. The highest BCUT2D eigenvalue weighted by Crippen LogP contribution is 2.35. The maximum absolute atomic E-state index is 5.67. The minimum atomic E-state index is 0.273. The third-order valence-corrected chi connectivity index (χ3v) is 3.05. The van der Waals surface area contributed by atoms with Crippen LogP contribution in [0.25, 0.3) is 0 Å². The Hall–Kier alpha value is -2.36. The first-order valence-corrected chi connectivity index (χ1v) is 6.54. The molecule has 2 aromatic rings. The summed E-state index contributed by atoms with van der Waals surface area (Å²) in [6, 6.07) is 13.5. The summed E-state index contributed by atoms with van der Waals surface area (Å²) in [4.78, 5) is 0. The lowest BCUT2D eigenvalue weighted by Crippen LogP contribution is -2.09. The molecule has 0 aliphatic carbocycles. The molecule has 2 aromatic carbocycles. The van der Waals surface area contributed by atoms with Gasteiger partial charge in [-0.2, -0.15) is 0 Å². The van der Waals surface area contributed by atoms with Gasteiger partial charge in [-0.3, -0.25) is 0 Å². The highest BCUT2D eigenvalue weighted by atomic mass is 16.7. The van der Waals surface area contributed by atoms with E-state index < -0.39 is 0 Å². The molecule has 1 aliphatic heterocycles. The van der Waals surface area contributed by atoms with Crippen LogP contribution in [0, 0.1) is 6.92 Å². The molecular formula is C16H16O4. The van der Waals surface area contributed by atoms with E-state index in [9.17, 15) is 0 Å². The molecule has 0 fully saturated rings. The molecule has 1 aliphatic rings. The average molecular weight is 272 g/mol. The van der Waals surface area contributed by atoms with E-state index in [0.717, 1.165) is 28.6 Å². The lowest BCUT2D eigenvalue weighted by Gasteiger charge is -2.10. The predicted octanol–water partition coefficient (Wildman–Crippen LogP) is 3.18. The van der Waals surface area contributed by atoms with Gasteiger partial charge in [0, 0.05) is 6.07 Å². The van der Waals surface area contributed by atoms with Crippen LogP contribution in [0.4, 0.5) is 0 Å². The first-order chi connectivity index (χ1) is 9.83. The van der Waals surface area contributed by atoms with Crippen molar-refractivity contribution >= 4 is 0 Å². The molecule has 0 N–H and O–H groups in total. The van der Waals surface area contributed by atoms with Crippen molar-refractivity contribution < 1.29 is 18.9 Å². The number of fused-ring (bicyclic) bond motifs is 1. The van der Waals surface area contributed by atoms with Crippen LogP contribution in [0.15, 0.2) is 42.5 Å². The Labute approximate surface area is 117 Å². The number of ether oxygens (including phenoxy) is 4. The van der Waals surface area contributed by atoms with Crippen LogP contribution in [0.3, 0.4) is 0 Å². The quantitative estimate of drug-likeness (QED) is 0.783. The monoisotopic (exact) mass is 272 g/mol. The Morgan fingerprint density at radius 2 is 1.75 bits per heavy atom. The minimum Gasteiger partial charge on any atom is -0.490 e. The molecule has 4 nitrogen and oxygen atoms in total. The zero-order valence-corrected chi connectivity index (χ0v) is 11.3. The van der Waals surface area contributed by atoms with Crippen molar-refractivity contribution in [1.29, 1.82) is 0 Å². The zero-order chi connectivity index (χ0) is 13.8. The minimum absolute atomic E-state index is 0.273. The molecule has 0 amide bonds. The number of benzene rings is 2. The van der Waals surface area contributed by atoms with E-state index in [1.807, 2.05) is 49.4 Å². The molecule has 0 saturated heterocycles. The van der Waals surface area contributed by atoms with E-state index in [2.05, 4.69) is 0 Å². The normalized spacial score (nSPS) is 12.2. The topological polar surface area (TPSA) is 36.9 Å². The molecule has 0 bridgehead atoms. The summed E-state index contributed by atoms with van der Waals surface area (Å²) < 4.78 is 21.8. The smallest absolute Gasteiger partial charge is 0.231 e. The van der Waals surface area contributed by atoms with Gasteiger partial charge < -0.3 is 18.9 Å². The van der Waals surface area contributed by atoms with Crippen molar-refractivity contribution in [2.45, 2.75) is 6.92 Å². The molecule has 0 atom stereocenters. The van der Waals surface area contributed by atoms with Gasteiger partial charge in [-0.15, -0.1) is 0 Å². The van der Waals surface area contributed by atoms with Crippen molar-refractivity contribution in [2.24, 2.45) is 0 Å². The number of para-hydroxylation sites is 1. The second-order valence-electron chi connectivity index (χ2n) is 4.48. The molecule has 104 valence electrons. The van der Waals surface area contributed by atoms with Gasteiger partial charge in [0.1, 0.15) is 24.7 Å². The van der Waals surface area contributed by atoms with Crippen molar-refractivity contribution in [2.75, 3.05) is 20.0 Å². The van der Waals surface area contributed by atoms with Gasteiger partial charge in [-0.1, -0.05) is 18.2 Å². The second-order valence-corrected chi connectivity index (χ2v) is 4.48. The highest BCUT2D eigenvalue weighted by Gasteiger charge is 2.13. The van der Waals surface area contributed by atoms with E-state index in [0.29, 0.717) is 13.2 Å². The molecule has 4 heteroatoms. The lowest BCUT2D eigenvalue weighted by atomic mass is 10.2. The third kappa shape index (κ3) is 2.79. The Morgan fingerprint density at radius 3 is 2.65 bits per heavy atom. The fourth-order valence-corrected chi connectivity index (χ4v) is 2.00. The van der Waals surface area contributed by atoms with Gasteiger partial charge in [0.2, 0.25) is 6.79 Å². The number of hydrogen-bond donors (Lipinski definition) is 0. The van der Waals surface area contributed by atoms with Crippen molar-refractivity contribution in [3.05, 3.63) is 48.0 Å². The van der Waals surface area contributed by atoms with E-state index in [1.54, 1.807) is 0 Å². The van der Waals surface area contributed by atoms with Gasteiger partial charge in [-0.05, 0) is 30.7 Å². The Bertz CT molecular complexity index is 595. The zero-order valence-electron chi connectivity index (χ0n) is 11.3. The van der Waals surface area contributed by atoms with Gasteiger partial charge in [0.25, 0.3) is 0 Å². The molecule has 0 aromatic heterocycles. The van der Waals surface area contributed by atoms with Gasteiger partial charge in [0.15, 0.2) is 11.5 Å². The fourth-order valence-electron chi connectivity index (χ4n) is 2.00. The van der Waals surface area contributed by atoms with Gasteiger partial charge in [-0.25, -0.2) is 0 Å². The van der Waals surface area contributed by atoms with Crippen LogP contribution in [-0.2, 0) is 0 Å². The Balaban J connectivity index is 1.49. The van der Waals surface area contributed by atoms with E-state index in [1.165, 1.54) is 0 Å². The number of aryl methyl sites for hydroxylation is 1. The molecule has 0 saturated carbocycles. The lowest BCUT2D eigenvalue weighted by molar-refractivity contribution is 0.173. The van der Waals surface area contributed by atoms with Crippen molar-refractivity contribution in [3.63, 3.8) is 0 Å². The Kier molecular flexibility index (Phi) is 3.63. The molecule has 3 rings (SSSR count). The van der Waals surface area contributed by atoms with Crippen LogP contribution in [-0.4, -0.2) is 20.0 Å². The van der Waals surface area contributed by atoms with Crippen molar-refractivity contribution in [3.8, 4) is 23.0 Å². The summed E-state index contributed by atoms with van der Waals surface area (Å²) in [5.74, 6) is 3.13. The van der Waals surface area contributed by atoms with Crippen LogP contribution >= 0.6 is 0 Å². The van der Waals surface area contributed by atoms with E-state index in [-0.39, 0.29) is 6.79 Å². The molecule has 0 spiro atoms. The maximum Gasteiger partial charge on any atom is 0.231 e. The van der Waals surface area contributed by atoms with Crippen LogP contribution in [0.1, 0.15) is 5.56 Å². The molecular weight excluding hydrogens is 256 g/mol. The first-order valence-electron chi connectivity index (χ1n) is 6.54. The number of rotatable bonds is 5. The summed E-state index contributed by atoms with van der Waals surface area (Å²) in [5.41, 5.74) is 1.12. The fraction of sp³-hybridized carbons (Fsp3) is 0.250. The maximum atomic E-state index is 5.67. The predicted molar refractivity (Wildman–Crippen MR) is 74.7 cm³/mol. The standard InChI is InChI=1S/C16H16O4/c1-12-4-2-3-5-14(12)18-9-8-17-13-6-7-15-16(10-13)20-11-19-15/h2-7,10H,8-9,11H2,1H3. The van der Waals surface area contributed by atoms with E-state index >= 15 is 0 Å². The molecule has 1 heterocycles. The van der Waals surface area contributed by atoms with Crippen LogP contribution in [0.2, 0.25) is 0 Å². The highest BCUT2D eigenvalue weighted by molar-refractivity contribution is 5.46. The summed E-state index contributed by atoms with van der Waals surface area (Å²) in [5, 5.41) is 0. The summed E-state index contributed by atoms with van der Waals surface area (Å²) in [7, 11) is 0. The van der Waals surface area contributed by atoms with Crippen LogP contribution < -0.4 is 18.9 Å². The second kappa shape index (κ2) is 5.74. The summed E-state index contributed by atoms with van der Waals surface area (Å²) in [6.07, 6.45) is 0. The molecule has 0 unspecified atom stereocenters. The summed E-state index contributed by atoms with van der Waals surface area (Å²) in [6.45, 7) is 3.27. The summed E-state index contributed by atoms with van der Waals surface area (Å²) >= 11 is 0. The molecule has 20 heavy (non-hydrogen) atoms. The van der Waals surface area contributed by atoms with Gasteiger partial charge >= 0.3 is 0 Å². The van der Waals surface area contributed by atoms with Crippen LogP contribution in [0.5, 0.6) is 23.0 Å². The van der Waals surface area contributed by atoms with E-state index in [4.69, 9.17) is 18.9 Å². The Morgan fingerprint density at radius 1 is 0.950 bits per heavy atom. The van der Waals surface area contributed by atoms with Crippen molar-refractivity contribution in [1.82, 2.24) is 0 Å².